The number of rotatable bonds is 5. The highest BCUT2D eigenvalue weighted by molar-refractivity contribution is 6.04. The lowest BCUT2D eigenvalue weighted by atomic mass is 9.91. The van der Waals surface area contributed by atoms with E-state index in [4.69, 9.17) is 0 Å². The van der Waals surface area contributed by atoms with Gasteiger partial charge in [0.15, 0.2) is 0 Å². The van der Waals surface area contributed by atoms with Gasteiger partial charge in [0.25, 0.3) is 5.91 Å². The molecule has 0 heterocycles. The molecule has 0 unspecified atom stereocenters. The molecule has 0 aliphatic heterocycles. The standard InChI is InChI=1S/C22H18N2O4/c25-20(17-13-7-8-14-18(17)22(27)28)23-24-21(26)19(15-9-3-1-4-10-15)16-11-5-2-6-12-16/h1-14,19H,(H,23,25)(H,24,26)(H,27,28)/p-1. The van der Waals surface area contributed by atoms with E-state index in [0.717, 1.165) is 11.1 Å². The number of amides is 2. The van der Waals surface area contributed by atoms with Crippen LogP contribution in [0, 0.1) is 0 Å². The summed E-state index contributed by atoms with van der Waals surface area (Å²) in [5.74, 6) is -3.30. The second-order valence-corrected chi connectivity index (χ2v) is 6.03. The maximum atomic E-state index is 12.8. The number of carboxylic acid groups (broad SMARTS) is 1. The van der Waals surface area contributed by atoms with Gasteiger partial charge in [0.05, 0.1) is 17.5 Å². The zero-order valence-electron chi connectivity index (χ0n) is 14.8. The SMILES string of the molecule is O=C([O-])c1ccccc1C(=O)NNC(=O)C(c1ccccc1)c1ccccc1. The van der Waals surface area contributed by atoms with Crippen LogP contribution in [0.4, 0.5) is 0 Å². The Morgan fingerprint density at radius 1 is 0.643 bits per heavy atom. The number of hydrogen-bond acceptors (Lipinski definition) is 4. The molecule has 28 heavy (non-hydrogen) atoms. The molecule has 0 fully saturated rings. The number of aromatic carboxylic acids is 1. The fraction of sp³-hybridized carbons (Fsp3) is 0.0455. The zero-order chi connectivity index (χ0) is 19.9. The number of carbonyl (C=O) groups is 3. The molecular weight excluding hydrogens is 356 g/mol. The predicted octanol–water partition coefficient (Wildman–Crippen LogP) is 1.64. The maximum absolute atomic E-state index is 12.8. The van der Waals surface area contributed by atoms with Gasteiger partial charge in [-0.1, -0.05) is 78.9 Å². The van der Waals surface area contributed by atoms with Crippen molar-refractivity contribution in [3.8, 4) is 0 Å². The molecule has 6 heteroatoms. The van der Waals surface area contributed by atoms with Crippen LogP contribution in [0.3, 0.4) is 0 Å². The quantitative estimate of drug-likeness (QED) is 0.664. The van der Waals surface area contributed by atoms with Crippen LogP contribution in [0.1, 0.15) is 37.8 Å². The summed E-state index contributed by atoms with van der Waals surface area (Å²) in [4.78, 5) is 36.4. The smallest absolute Gasteiger partial charge is 0.270 e. The summed E-state index contributed by atoms with van der Waals surface area (Å²) in [7, 11) is 0. The van der Waals surface area contributed by atoms with E-state index in [1.54, 1.807) is 0 Å². The van der Waals surface area contributed by atoms with E-state index in [9.17, 15) is 19.5 Å². The number of hydrazine groups is 1. The van der Waals surface area contributed by atoms with Gasteiger partial charge >= 0.3 is 0 Å². The summed E-state index contributed by atoms with van der Waals surface area (Å²) in [6, 6.07) is 23.9. The Balaban J connectivity index is 1.80. The van der Waals surface area contributed by atoms with Crippen molar-refractivity contribution in [2.75, 3.05) is 0 Å². The Morgan fingerprint density at radius 3 is 1.61 bits per heavy atom. The Bertz CT molecular complexity index is 948. The number of carboxylic acids is 1. The summed E-state index contributed by atoms with van der Waals surface area (Å²) in [6.45, 7) is 0. The lowest BCUT2D eigenvalue weighted by Crippen LogP contribution is -2.44. The first kappa shape index (κ1) is 18.8. The molecule has 6 nitrogen and oxygen atoms in total. The second-order valence-electron chi connectivity index (χ2n) is 6.03. The Hall–Kier alpha value is -3.93. The summed E-state index contributed by atoms with van der Waals surface area (Å²) in [5.41, 5.74) is 5.85. The largest absolute Gasteiger partial charge is 0.545 e. The third-order valence-electron chi connectivity index (χ3n) is 4.22. The molecule has 0 spiro atoms. The van der Waals surface area contributed by atoms with Crippen molar-refractivity contribution in [2.45, 2.75) is 5.92 Å². The van der Waals surface area contributed by atoms with E-state index in [2.05, 4.69) is 10.9 Å². The number of carbonyl (C=O) groups excluding carboxylic acids is 3. The molecule has 3 rings (SSSR count). The maximum Gasteiger partial charge on any atom is 0.270 e. The average Bonchev–Trinajstić information content (AvgIpc) is 2.73. The molecule has 0 aliphatic carbocycles. The zero-order valence-corrected chi connectivity index (χ0v) is 14.8. The third-order valence-corrected chi connectivity index (χ3v) is 4.22. The van der Waals surface area contributed by atoms with E-state index in [0.29, 0.717) is 0 Å². The third kappa shape index (κ3) is 4.24. The Morgan fingerprint density at radius 2 is 1.11 bits per heavy atom. The van der Waals surface area contributed by atoms with Gasteiger partial charge in [-0.2, -0.15) is 0 Å². The van der Waals surface area contributed by atoms with Crippen LogP contribution in [0.2, 0.25) is 0 Å². The van der Waals surface area contributed by atoms with Crippen LogP contribution < -0.4 is 16.0 Å². The van der Waals surface area contributed by atoms with Crippen LogP contribution in [0.5, 0.6) is 0 Å². The molecular formula is C22H17N2O4-. The topological polar surface area (TPSA) is 98.3 Å². The van der Waals surface area contributed by atoms with Gasteiger partial charge in [0.2, 0.25) is 5.91 Å². The number of nitrogens with one attached hydrogen (secondary N) is 2. The monoisotopic (exact) mass is 373 g/mol. The average molecular weight is 373 g/mol. The van der Waals surface area contributed by atoms with Crippen LogP contribution >= 0.6 is 0 Å². The van der Waals surface area contributed by atoms with Gasteiger partial charge in [-0.3, -0.25) is 20.4 Å². The van der Waals surface area contributed by atoms with Gasteiger partial charge in [0, 0.05) is 5.56 Å². The van der Waals surface area contributed by atoms with Crippen molar-refractivity contribution < 1.29 is 19.5 Å². The van der Waals surface area contributed by atoms with Crippen LogP contribution in [0.15, 0.2) is 84.9 Å². The van der Waals surface area contributed by atoms with Crippen molar-refractivity contribution in [3.05, 3.63) is 107 Å². The molecule has 0 saturated heterocycles. The molecule has 3 aromatic carbocycles. The van der Waals surface area contributed by atoms with E-state index in [1.165, 1.54) is 24.3 Å². The lowest BCUT2D eigenvalue weighted by Gasteiger charge is -2.18. The molecule has 140 valence electrons. The first-order valence-corrected chi connectivity index (χ1v) is 8.58. The molecule has 0 bridgehead atoms. The van der Waals surface area contributed by atoms with Gasteiger partial charge in [-0.25, -0.2) is 0 Å². The molecule has 0 radical (unpaired) electrons. The Labute approximate surface area is 161 Å². The van der Waals surface area contributed by atoms with E-state index < -0.39 is 23.7 Å². The normalized spacial score (nSPS) is 10.3. The van der Waals surface area contributed by atoms with Gasteiger partial charge < -0.3 is 9.90 Å². The highest BCUT2D eigenvalue weighted by Gasteiger charge is 2.23. The van der Waals surface area contributed by atoms with Gasteiger partial charge in [-0.15, -0.1) is 0 Å². The van der Waals surface area contributed by atoms with Crippen LogP contribution in [-0.4, -0.2) is 17.8 Å². The highest BCUT2D eigenvalue weighted by Crippen LogP contribution is 2.24. The van der Waals surface area contributed by atoms with Crippen LogP contribution in [-0.2, 0) is 4.79 Å². The molecule has 0 atom stereocenters. The molecule has 0 aromatic heterocycles. The fourth-order valence-electron chi connectivity index (χ4n) is 2.90. The van der Waals surface area contributed by atoms with Crippen LogP contribution in [0.25, 0.3) is 0 Å². The van der Waals surface area contributed by atoms with Gasteiger partial charge in [-0.05, 0) is 17.2 Å². The van der Waals surface area contributed by atoms with E-state index in [-0.39, 0.29) is 11.1 Å². The first-order valence-electron chi connectivity index (χ1n) is 8.58. The minimum absolute atomic E-state index is 0.0984. The molecule has 3 aromatic rings. The summed E-state index contributed by atoms with van der Waals surface area (Å²) < 4.78 is 0. The van der Waals surface area contributed by atoms with Gasteiger partial charge in [0.1, 0.15) is 0 Å². The summed E-state index contributed by atoms with van der Waals surface area (Å²) >= 11 is 0. The molecule has 0 aliphatic rings. The minimum atomic E-state index is -1.47. The van der Waals surface area contributed by atoms with Crippen molar-refractivity contribution >= 4 is 17.8 Å². The lowest BCUT2D eigenvalue weighted by molar-refractivity contribution is -0.255. The molecule has 2 N–H and O–H groups in total. The van der Waals surface area contributed by atoms with E-state index in [1.807, 2.05) is 60.7 Å². The van der Waals surface area contributed by atoms with Crippen molar-refractivity contribution in [1.82, 2.24) is 10.9 Å². The second kappa shape index (κ2) is 8.64. The van der Waals surface area contributed by atoms with Crippen molar-refractivity contribution in [2.24, 2.45) is 0 Å². The summed E-state index contributed by atoms with van der Waals surface area (Å²) in [5, 5.41) is 11.2. The molecule has 2 amide bonds. The fourth-order valence-corrected chi connectivity index (χ4v) is 2.90. The number of hydrogen-bond donors (Lipinski definition) is 2. The van der Waals surface area contributed by atoms with E-state index >= 15 is 0 Å². The highest BCUT2D eigenvalue weighted by atomic mass is 16.4. The van der Waals surface area contributed by atoms with Crippen molar-refractivity contribution in [1.29, 1.82) is 0 Å². The minimum Gasteiger partial charge on any atom is -0.545 e. The predicted molar refractivity (Wildman–Crippen MR) is 101 cm³/mol. The summed E-state index contributed by atoms with van der Waals surface area (Å²) in [6.07, 6.45) is 0. The first-order chi connectivity index (χ1) is 13.6. The van der Waals surface area contributed by atoms with Crippen molar-refractivity contribution in [3.63, 3.8) is 0 Å². The number of benzene rings is 3. The Kier molecular flexibility index (Phi) is 5.81. The molecule has 0 saturated carbocycles.